The molecule has 0 unspecified atom stereocenters. The highest BCUT2D eigenvalue weighted by Gasteiger charge is 2.21. The van der Waals surface area contributed by atoms with Crippen molar-refractivity contribution in [1.29, 1.82) is 5.26 Å². The van der Waals surface area contributed by atoms with Gasteiger partial charge in [-0.05, 0) is 37.1 Å². The Balaban J connectivity index is 1.69. The van der Waals surface area contributed by atoms with E-state index < -0.39 is 11.3 Å². The summed E-state index contributed by atoms with van der Waals surface area (Å²) in [6, 6.07) is 14.1. The molecule has 0 bridgehead atoms. The molecule has 1 aromatic carbocycles. The molecule has 0 saturated heterocycles. The zero-order valence-electron chi connectivity index (χ0n) is 17.9. The number of primary amides is 1. The maximum atomic E-state index is 11.6. The molecule has 3 aromatic heterocycles. The number of nitrogens with zero attached hydrogens (tertiary/aromatic N) is 5. The van der Waals surface area contributed by atoms with E-state index in [1.165, 1.54) is 0 Å². The molecule has 0 aliphatic carbocycles. The van der Waals surface area contributed by atoms with Crippen LogP contribution in [0.4, 0.5) is 0 Å². The van der Waals surface area contributed by atoms with Crippen molar-refractivity contribution in [2.24, 2.45) is 11.1 Å². The van der Waals surface area contributed by atoms with Crippen molar-refractivity contribution in [1.82, 2.24) is 19.4 Å². The van der Waals surface area contributed by atoms with Gasteiger partial charge in [-0.3, -0.25) is 9.48 Å². The Morgan fingerprint density at radius 3 is 2.56 bits per heavy atom. The number of pyridine rings is 1. The molecule has 4 rings (SSSR count). The summed E-state index contributed by atoms with van der Waals surface area (Å²) >= 11 is 0. The maximum absolute atomic E-state index is 11.6. The Kier molecular flexibility index (Phi) is 5.49. The summed E-state index contributed by atoms with van der Waals surface area (Å²) in [6.45, 7) is 4.00. The quantitative estimate of drug-likeness (QED) is 0.496. The number of aryl methyl sites for hydroxylation is 1. The molecule has 0 aliphatic heterocycles. The van der Waals surface area contributed by atoms with E-state index in [4.69, 9.17) is 11.0 Å². The first-order valence-corrected chi connectivity index (χ1v) is 10.2. The normalized spacial score (nSPS) is 11.0. The van der Waals surface area contributed by atoms with Gasteiger partial charge < -0.3 is 5.73 Å². The van der Waals surface area contributed by atoms with Crippen LogP contribution in [0.3, 0.4) is 0 Å². The van der Waals surface area contributed by atoms with Gasteiger partial charge in [0.15, 0.2) is 0 Å². The third-order valence-corrected chi connectivity index (χ3v) is 5.28. The number of nitrogens with two attached hydrogens (primary N) is 1. The zero-order valence-corrected chi connectivity index (χ0v) is 17.9. The van der Waals surface area contributed by atoms with E-state index in [0.717, 1.165) is 33.3 Å². The van der Waals surface area contributed by atoms with Crippen LogP contribution in [0.15, 0.2) is 61.2 Å². The molecule has 0 aliphatic rings. The van der Waals surface area contributed by atoms with E-state index in [9.17, 15) is 4.79 Å². The standard InChI is InChI=1S/C25H22N6O/c1-25(2,24(27)32)11-10-20-5-3-14-31-23(20)22(16-29-31)19-8-6-18(7-9-19)21-15-28-30(17-21)13-4-12-26/h3,5-9,14-17H,4,13H2,1-2H3,(H2,27,32). The van der Waals surface area contributed by atoms with Gasteiger partial charge in [-0.15, -0.1) is 0 Å². The minimum Gasteiger partial charge on any atom is -0.368 e. The second-order valence-electron chi connectivity index (χ2n) is 7.99. The molecule has 7 heteroatoms. The first-order chi connectivity index (χ1) is 15.4. The lowest BCUT2D eigenvalue weighted by Gasteiger charge is -2.11. The highest BCUT2D eigenvalue weighted by molar-refractivity contribution is 5.87. The average Bonchev–Trinajstić information content (AvgIpc) is 3.44. The summed E-state index contributed by atoms with van der Waals surface area (Å²) in [5.74, 6) is 5.64. The van der Waals surface area contributed by atoms with Gasteiger partial charge in [0.2, 0.25) is 5.91 Å². The number of fused-ring (bicyclic) bond motifs is 1. The van der Waals surface area contributed by atoms with Gasteiger partial charge in [-0.25, -0.2) is 4.52 Å². The molecule has 0 fully saturated rings. The van der Waals surface area contributed by atoms with E-state index >= 15 is 0 Å². The Labute approximate surface area is 186 Å². The fourth-order valence-corrected chi connectivity index (χ4v) is 3.28. The van der Waals surface area contributed by atoms with E-state index in [1.807, 2.05) is 55.0 Å². The Bertz CT molecular complexity index is 1390. The van der Waals surface area contributed by atoms with Gasteiger partial charge in [0.05, 0.1) is 42.5 Å². The Morgan fingerprint density at radius 2 is 1.84 bits per heavy atom. The third kappa shape index (κ3) is 4.10. The van der Waals surface area contributed by atoms with Crippen molar-refractivity contribution in [3.05, 3.63) is 66.7 Å². The topological polar surface area (TPSA) is 102 Å². The van der Waals surface area contributed by atoms with Crippen molar-refractivity contribution >= 4 is 11.4 Å². The molecule has 0 saturated carbocycles. The summed E-state index contributed by atoms with van der Waals surface area (Å²) < 4.78 is 3.56. The number of rotatable bonds is 5. The number of carbonyl (C=O) groups excluding carboxylic acids is 1. The minimum atomic E-state index is -0.924. The zero-order chi connectivity index (χ0) is 22.7. The van der Waals surface area contributed by atoms with Gasteiger partial charge in [0, 0.05) is 23.5 Å². The van der Waals surface area contributed by atoms with Crippen LogP contribution in [-0.4, -0.2) is 25.3 Å². The summed E-state index contributed by atoms with van der Waals surface area (Å²) in [6.07, 6.45) is 7.85. The highest BCUT2D eigenvalue weighted by Crippen LogP contribution is 2.29. The van der Waals surface area contributed by atoms with Crippen LogP contribution in [0.5, 0.6) is 0 Å². The van der Waals surface area contributed by atoms with Crippen LogP contribution < -0.4 is 5.73 Å². The number of amides is 1. The number of hydrogen-bond donors (Lipinski definition) is 1. The molecule has 1 amide bonds. The Hall–Kier alpha value is -4.36. The molecule has 0 spiro atoms. The van der Waals surface area contributed by atoms with Gasteiger partial charge >= 0.3 is 0 Å². The van der Waals surface area contributed by atoms with Gasteiger partial charge in [-0.1, -0.05) is 36.1 Å². The second-order valence-corrected chi connectivity index (χ2v) is 7.99. The number of benzene rings is 1. The number of hydrogen-bond acceptors (Lipinski definition) is 4. The van der Waals surface area contributed by atoms with Crippen molar-refractivity contribution in [2.45, 2.75) is 26.8 Å². The molecule has 4 aromatic rings. The maximum Gasteiger partial charge on any atom is 0.235 e. The molecule has 7 nitrogen and oxygen atoms in total. The van der Waals surface area contributed by atoms with Gasteiger partial charge in [0.25, 0.3) is 0 Å². The first kappa shape index (κ1) is 20.9. The van der Waals surface area contributed by atoms with Crippen LogP contribution in [0.1, 0.15) is 25.8 Å². The van der Waals surface area contributed by atoms with Crippen molar-refractivity contribution in [3.63, 3.8) is 0 Å². The number of carbonyl (C=O) groups is 1. The van der Waals surface area contributed by atoms with Crippen molar-refractivity contribution < 1.29 is 4.79 Å². The van der Waals surface area contributed by atoms with Crippen LogP contribution in [0, 0.1) is 28.6 Å². The lowest BCUT2D eigenvalue weighted by atomic mass is 9.93. The molecule has 0 atom stereocenters. The van der Waals surface area contributed by atoms with E-state index in [0.29, 0.717) is 13.0 Å². The van der Waals surface area contributed by atoms with Gasteiger partial charge in [-0.2, -0.15) is 15.5 Å². The van der Waals surface area contributed by atoms with Crippen LogP contribution in [-0.2, 0) is 11.3 Å². The van der Waals surface area contributed by atoms with Crippen LogP contribution in [0.2, 0.25) is 0 Å². The fraction of sp³-hybridized carbons (Fsp3) is 0.200. The van der Waals surface area contributed by atoms with Gasteiger partial charge in [0.1, 0.15) is 5.41 Å². The lowest BCUT2D eigenvalue weighted by molar-refractivity contribution is -0.123. The molecule has 158 valence electrons. The number of nitriles is 1. The first-order valence-electron chi connectivity index (χ1n) is 10.2. The van der Waals surface area contributed by atoms with Crippen LogP contribution >= 0.6 is 0 Å². The molecule has 0 radical (unpaired) electrons. The average molecular weight is 422 g/mol. The van der Waals surface area contributed by atoms with Crippen molar-refractivity contribution in [3.8, 4) is 40.2 Å². The van der Waals surface area contributed by atoms with Crippen LogP contribution in [0.25, 0.3) is 27.8 Å². The molecule has 2 N–H and O–H groups in total. The largest absolute Gasteiger partial charge is 0.368 e. The van der Waals surface area contributed by atoms with Crippen molar-refractivity contribution in [2.75, 3.05) is 0 Å². The fourth-order valence-electron chi connectivity index (χ4n) is 3.28. The summed E-state index contributed by atoms with van der Waals surface area (Å²) in [4.78, 5) is 11.6. The molecular formula is C25H22N6O. The summed E-state index contributed by atoms with van der Waals surface area (Å²) in [7, 11) is 0. The lowest BCUT2D eigenvalue weighted by Crippen LogP contribution is -2.29. The van der Waals surface area contributed by atoms with E-state index in [-0.39, 0.29) is 0 Å². The molecule has 3 heterocycles. The smallest absolute Gasteiger partial charge is 0.235 e. The Morgan fingerprint density at radius 1 is 1.09 bits per heavy atom. The third-order valence-electron chi connectivity index (χ3n) is 5.28. The number of aromatic nitrogens is 4. The van der Waals surface area contributed by atoms with E-state index in [1.54, 1.807) is 29.2 Å². The summed E-state index contributed by atoms with van der Waals surface area (Å²) in [5, 5.41) is 17.5. The summed E-state index contributed by atoms with van der Waals surface area (Å²) in [5.41, 5.74) is 10.2. The second kappa shape index (κ2) is 8.41. The SMILES string of the molecule is CC(C)(C#Cc1cccn2ncc(-c3ccc(-c4cnn(CCC#N)c4)cc3)c12)C(N)=O. The predicted octanol–water partition coefficient (Wildman–Crippen LogP) is 3.64. The predicted molar refractivity (Wildman–Crippen MR) is 122 cm³/mol. The molecule has 32 heavy (non-hydrogen) atoms. The molecular weight excluding hydrogens is 400 g/mol. The highest BCUT2D eigenvalue weighted by atomic mass is 16.1. The van der Waals surface area contributed by atoms with E-state index in [2.05, 4.69) is 28.1 Å². The monoisotopic (exact) mass is 422 g/mol. The minimum absolute atomic E-state index is 0.427.